The molecule has 0 fully saturated rings. The molecule has 6 nitrogen and oxygen atoms in total. The average Bonchev–Trinajstić information content (AvgIpc) is 3.08. The highest BCUT2D eigenvalue weighted by atomic mass is 16.7. The van der Waals surface area contributed by atoms with Crippen molar-refractivity contribution >= 4 is 11.8 Å². The zero-order valence-electron chi connectivity index (χ0n) is 13.2. The van der Waals surface area contributed by atoms with Crippen LogP contribution in [0.5, 0.6) is 11.5 Å². The number of amides is 2. The molecule has 1 atom stereocenters. The van der Waals surface area contributed by atoms with Gasteiger partial charge in [0.2, 0.25) is 6.79 Å². The van der Waals surface area contributed by atoms with Crippen molar-refractivity contribution in [2.75, 3.05) is 6.79 Å². The molecule has 2 amide bonds. The summed E-state index contributed by atoms with van der Waals surface area (Å²) in [4.78, 5) is 23.9. The van der Waals surface area contributed by atoms with Crippen molar-refractivity contribution in [1.82, 2.24) is 10.6 Å². The molecule has 2 aromatic carbocycles. The van der Waals surface area contributed by atoms with Gasteiger partial charge in [-0.3, -0.25) is 9.59 Å². The SMILES string of the molecule is CC(NC(=O)C(=O)NCc1ccc2c(c1)OCO2)c1ccccc1. The Kier molecular flexibility index (Phi) is 4.65. The number of fused-ring (bicyclic) bond motifs is 1. The van der Waals surface area contributed by atoms with E-state index >= 15 is 0 Å². The molecule has 0 spiro atoms. The number of carbonyl (C=O) groups is 2. The number of rotatable bonds is 4. The maximum atomic E-state index is 12.0. The molecule has 0 bridgehead atoms. The van der Waals surface area contributed by atoms with Crippen molar-refractivity contribution in [3.8, 4) is 11.5 Å². The van der Waals surface area contributed by atoms with Crippen LogP contribution < -0.4 is 20.1 Å². The molecule has 124 valence electrons. The number of nitrogens with one attached hydrogen (secondary N) is 2. The Bertz CT molecular complexity index is 746. The molecule has 0 aromatic heterocycles. The van der Waals surface area contributed by atoms with Crippen molar-refractivity contribution in [2.45, 2.75) is 19.5 Å². The normalized spacial score (nSPS) is 13.2. The summed E-state index contributed by atoms with van der Waals surface area (Å²) in [5.41, 5.74) is 1.77. The van der Waals surface area contributed by atoms with Crippen LogP contribution in [0.1, 0.15) is 24.1 Å². The van der Waals surface area contributed by atoms with Gasteiger partial charge in [0.05, 0.1) is 6.04 Å². The zero-order valence-corrected chi connectivity index (χ0v) is 13.2. The predicted octanol–water partition coefficient (Wildman–Crippen LogP) is 1.91. The molecule has 2 aromatic rings. The van der Waals surface area contributed by atoms with Gasteiger partial charge in [-0.1, -0.05) is 36.4 Å². The largest absolute Gasteiger partial charge is 0.454 e. The molecule has 3 rings (SSSR count). The Hall–Kier alpha value is -3.02. The molecule has 2 N–H and O–H groups in total. The van der Waals surface area contributed by atoms with E-state index in [2.05, 4.69) is 10.6 Å². The summed E-state index contributed by atoms with van der Waals surface area (Å²) in [5, 5.41) is 5.28. The smallest absolute Gasteiger partial charge is 0.309 e. The van der Waals surface area contributed by atoms with Crippen LogP contribution in [0, 0.1) is 0 Å². The summed E-state index contributed by atoms with van der Waals surface area (Å²) < 4.78 is 10.5. The van der Waals surface area contributed by atoms with Gasteiger partial charge in [0.25, 0.3) is 0 Å². The summed E-state index contributed by atoms with van der Waals surface area (Å²) in [6.45, 7) is 2.27. The second-order valence-electron chi connectivity index (χ2n) is 5.48. The van der Waals surface area contributed by atoms with Crippen LogP contribution in [0.3, 0.4) is 0 Å². The summed E-state index contributed by atoms with van der Waals surface area (Å²) in [6.07, 6.45) is 0. The lowest BCUT2D eigenvalue weighted by atomic mass is 10.1. The third kappa shape index (κ3) is 3.65. The lowest BCUT2D eigenvalue weighted by Crippen LogP contribution is -2.40. The molecule has 0 aliphatic carbocycles. The van der Waals surface area contributed by atoms with E-state index < -0.39 is 11.8 Å². The maximum Gasteiger partial charge on any atom is 0.309 e. The number of carbonyl (C=O) groups excluding carboxylic acids is 2. The fourth-order valence-corrected chi connectivity index (χ4v) is 2.40. The highest BCUT2D eigenvalue weighted by Gasteiger charge is 2.17. The van der Waals surface area contributed by atoms with Gasteiger partial charge in [-0.2, -0.15) is 0 Å². The first-order chi connectivity index (χ1) is 11.6. The molecular formula is C18H18N2O4. The summed E-state index contributed by atoms with van der Waals surface area (Å²) in [7, 11) is 0. The molecule has 1 heterocycles. The van der Waals surface area contributed by atoms with E-state index in [1.54, 1.807) is 12.1 Å². The first kappa shape index (κ1) is 15.9. The highest BCUT2D eigenvalue weighted by molar-refractivity contribution is 6.35. The first-order valence-corrected chi connectivity index (χ1v) is 7.65. The molecule has 0 radical (unpaired) electrons. The number of benzene rings is 2. The first-order valence-electron chi connectivity index (χ1n) is 7.65. The molecule has 6 heteroatoms. The Morgan fingerprint density at radius 3 is 2.58 bits per heavy atom. The van der Waals surface area contributed by atoms with E-state index in [0.29, 0.717) is 11.5 Å². The van der Waals surface area contributed by atoms with Gasteiger partial charge in [0, 0.05) is 6.54 Å². The minimum absolute atomic E-state index is 0.199. The van der Waals surface area contributed by atoms with Crippen LogP contribution in [0.2, 0.25) is 0 Å². The van der Waals surface area contributed by atoms with Crippen LogP contribution in [0.25, 0.3) is 0 Å². The zero-order chi connectivity index (χ0) is 16.9. The second-order valence-corrected chi connectivity index (χ2v) is 5.48. The quantitative estimate of drug-likeness (QED) is 0.842. The molecule has 0 saturated heterocycles. The van der Waals surface area contributed by atoms with Crippen molar-refractivity contribution in [3.05, 3.63) is 59.7 Å². The van der Waals surface area contributed by atoms with Crippen molar-refractivity contribution in [1.29, 1.82) is 0 Å². The van der Waals surface area contributed by atoms with E-state index in [1.165, 1.54) is 0 Å². The standard InChI is InChI=1S/C18H18N2O4/c1-12(14-5-3-2-4-6-14)20-18(22)17(21)19-10-13-7-8-15-16(9-13)24-11-23-15/h2-9,12H,10-11H2,1H3,(H,19,21)(H,20,22). The fourth-order valence-electron chi connectivity index (χ4n) is 2.40. The molecule has 24 heavy (non-hydrogen) atoms. The van der Waals surface area contributed by atoms with E-state index in [-0.39, 0.29) is 19.4 Å². The molecular weight excluding hydrogens is 308 g/mol. The minimum Gasteiger partial charge on any atom is -0.454 e. The number of ether oxygens (including phenoxy) is 2. The Morgan fingerprint density at radius 1 is 1.04 bits per heavy atom. The lowest BCUT2D eigenvalue weighted by Gasteiger charge is -2.14. The molecule has 0 saturated carbocycles. The van der Waals surface area contributed by atoms with Gasteiger partial charge in [0.1, 0.15) is 0 Å². The van der Waals surface area contributed by atoms with Gasteiger partial charge in [-0.05, 0) is 30.2 Å². The van der Waals surface area contributed by atoms with Gasteiger partial charge < -0.3 is 20.1 Å². The second kappa shape index (κ2) is 7.04. The summed E-state index contributed by atoms with van der Waals surface area (Å²) in [5.74, 6) is -0.00838. The van der Waals surface area contributed by atoms with E-state index in [4.69, 9.17) is 9.47 Å². The Morgan fingerprint density at radius 2 is 1.79 bits per heavy atom. The predicted molar refractivity (Wildman–Crippen MR) is 87.4 cm³/mol. The summed E-state index contributed by atoms with van der Waals surface area (Å²) >= 11 is 0. The monoisotopic (exact) mass is 326 g/mol. The summed E-state index contributed by atoms with van der Waals surface area (Å²) in [6, 6.07) is 14.6. The van der Waals surface area contributed by atoms with Gasteiger partial charge in [-0.25, -0.2) is 0 Å². The maximum absolute atomic E-state index is 12.0. The van der Waals surface area contributed by atoms with Crippen LogP contribution in [0.15, 0.2) is 48.5 Å². The minimum atomic E-state index is -0.671. The van der Waals surface area contributed by atoms with Crippen LogP contribution in [0.4, 0.5) is 0 Å². The van der Waals surface area contributed by atoms with Crippen molar-refractivity contribution in [3.63, 3.8) is 0 Å². The third-order valence-electron chi connectivity index (χ3n) is 3.74. The fraction of sp³-hybridized carbons (Fsp3) is 0.222. The number of hydrogen-bond donors (Lipinski definition) is 2. The van der Waals surface area contributed by atoms with Gasteiger partial charge in [0.15, 0.2) is 11.5 Å². The van der Waals surface area contributed by atoms with Gasteiger partial charge in [-0.15, -0.1) is 0 Å². The third-order valence-corrected chi connectivity index (χ3v) is 3.74. The average molecular weight is 326 g/mol. The van der Waals surface area contributed by atoms with Crippen molar-refractivity contribution < 1.29 is 19.1 Å². The van der Waals surface area contributed by atoms with Gasteiger partial charge >= 0.3 is 11.8 Å². The van der Waals surface area contributed by atoms with Crippen LogP contribution >= 0.6 is 0 Å². The van der Waals surface area contributed by atoms with Crippen LogP contribution in [-0.4, -0.2) is 18.6 Å². The van der Waals surface area contributed by atoms with E-state index in [9.17, 15) is 9.59 Å². The van der Waals surface area contributed by atoms with Crippen LogP contribution in [-0.2, 0) is 16.1 Å². The topological polar surface area (TPSA) is 76.7 Å². The Balaban J connectivity index is 1.52. The van der Waals surface area contributed by atoms with Crippen molar-refractivity contribution in [2.24, 2.45) is 0 Å². The lowest BCUT2D eigenvalue weighted by molar-refractivity contribution is -0.139. The molecule has 1 unspecified atom stereocenters. The Labute approximate surface area is 139 Å². The number of hydrogen-bond acceptors (Lipinski definition) is 4. The van der Waals surface area contributed by atoms with E-state index in [0.717, 1.165) is 11.1 Å². The highest BCUT2D eigenvalue weighted by Crippen LogP contribution is 2.32. The molecule has 1 aliphatic rings. The molecule has 1 aliphatic heterocycles. The van der Waals surface area contributed by atoms with E-state index in [1.807, 2.05) is 43.3 Å².